The highest BCUT2D eigenvalue weighted by atomic mass is 16.5. The van der Waals surface area contributed by atoms with Gasteiger partial charge in [0.25, 0.3) is 5.91 Å². The van der Waals surface area contributed by atoms with Gasteiger partial charge in [0.1, 0.15) is 11.6 Å². The largest absolute Gasteiger partial charge is 0.382 e. The molecule has 2 N–H and O–H groups in total. The molecule has 0 spiro atoms. The lowest BCUT2D eigenvalue weighted by Gasteiger charge is -2.10. The van der Waals surface area contributed by atoms with Crippen molar-refractivity contribution in [2.24, 2.45) is 0 Å². The molecule has 22 heavy (non-hydrogen) atoms. The first-order valence-corrected chi connectivity index (χ1v) is 7.39. The Labute approximate surface area is 132 Å². The van der Waals surface area contributed by atoms with Crippen molar-refractivity contribution in [3.05, 3.63) is 41.1 Å². The van der Waals surface area contributed by atoms with Crippen molar-refractivity contribution in [3.8, 4) is 6.07 Å². The third-order valence-electron chi connectivity index (χ3n) is 3.16. The first kappa shape index (κ1) is 17.7. The van der Waals surface area contributed by atoms with Crippen LogP contribution in [0.5, 0.6) is 0 Å². The molecule has 0 aliphatic rings. The zero-order valence-corrected chi connectivity index (χ0v) is 13.4. The Morgan fingerprint density at radius 1 is 1.36 bits per heavy atom. The topological polar surface area (TPSA) is 74.1 Å². The fourth-order valence-corrected chi connectivity index (χ4v) is 1.95. The predicted molar refractivity (Wildman–Crippen MR) is 87.4 cm³/mol. The van der Waals surface area contributed by atoms with Crippen LogP contribution in [0, 0.1) is 25.2 Å². The van der Waals surface area contributed by atoms with Gasteiger partial charge < -0.3 is 15.4 Å². The highest BCUT2D eigenvalue weighted by molar-refractivity contribution is 5.97. The number of nitrogens with zero attached hydrogens (tertiary/aromatic N) is 1. The Balaban J connectivity index is 2.60. The molecule has 0 aliphatic carbocycles. The molecule has 0 heterocycles. The lowest BCUT2D eigenvalue weighted by molar-refractivity contribution is -0.117. The number of amides is 1. The molecule has 1 amide bonds. The molecule has 0 bridgehead atoms. The summed E-state index contributed by atoms with van der Waals surface area (Å²) in [5, 5.41) is 14.9. The van der Waals surface area contributed by atoms with Gasteiger partial charge >= 0.3 is 0 Å². The van der Waals surface area contributed by atoms with Gasteiger partial charge in [-0.05, 0) is 38.3 Å². The maximum absolute atomic E-state index is 11.9. The van der Waals surface area contributed by atoms with Crippen molar-refractivity contribution in [3.63, 3.8) is 0 Å². The van der Waals surface area contributed by atoms with E-state index < -0.39 is 0 Å². The summed E-state index contributed by atoms with van der Waals surface area (Å²) in [7, 11) is 0. The summed E-state index contributed by atoms with van der Waals surface area (Å²) in [5.74, 6) is -0.377. The van der Waals surface area contributed by atoms with E-state index in [1.54, 1.807) is 0 Å². The highest BCUT2D eigenvalue weighted by Gasteiger charge is 2.08. The Bertz CT molecular complexity index is 554. The molecule has 1 aromatic carbocycles. The van der Waals surface area contributed by atoms with Crippen LogP contribution < -0.4 is 10.6 Å². The number of rotatable bonds is 8. The Morgan fingerprint density at radius 3 is 2.64 bits per heavy atom. The second kappa shape index (κ2) is 9.59. The minimum absolute atomic E-state index is 0.0547. The summed E-state index contributed by atoms with van der Waals surface area (Å²) in [6.07, 6.45) is 2.18. The van der Waals surface area contributed by atoms with Crippen molar-refractivity contribution >= 4 is 11.6 Å². The summed E-state index contributed by atoms with van der Waals surface area (Å²) < 4.78 is 5.19. The van der Waals surface area contributed by atoms with E-state index in [0.29, 0.717) is 19.8 Å². The Morgan fingerprint density at radius 2 is 2.05 bits per heavy atom. The molecule has 0 unspecified atom stereocenters. The lowest BCUT2D eigenvalue weighted by Crippen LogP contribution is -2.26. The number of carbonyl (C=O) groups excluding carboxylic acids is 1. The van der Waals surface area contributed by atoms with Gasteiger partial charge in [0.05, 0.1) is 0 Å². The van der Waals surface area contributed by atoms with Gasteiger partial charge in [-0.2, -0.15) is 5.26 Å². The summed E-state index contributed by atoms with van der Waals surface area (Å²) >= 11 is 0. The number of hydrogen-bond acceptors (Lipinski definition) is 4. The van der Waals surface area contributed by atoms with Crippen molar-refractivity contribution in [1.82, 2.24) is 5.32 Å². The normalized spacial score (nSPS) is 10.9. The Kier molecular flexibility index (Phi) is 7.73. The lowest BCUT2D eigenvalue weighted by atomic mass is 10.1. The molecule has 1 rings (SSSR count). The number of anilines is 1. The van der Waals surface area contributed by atoms with Gasteiger partial charge in [-0.1, -0.05) is 18.2 Å². The first-order valence-electron chi connectivity index (χ1n) is 7.39. The van der Waals surface area contributed by atoms with E-state index in [0.717, 1.165) is 23.2 Å². The molecule has 0 atom stereocenters. The maximum atomic E-state index is 11.9. The van der Waals surface area contributed by atoms with Crippen LogP contribution in [-0.4, -0.2) is 25.7 Å². The molecule has 0 aliphatic heterocycles. The third-order valence-corrected chi connectivity index (χ3v) is 3.16. The quantitative estimate of drug-likeness (QED) is 0.440. The standard InChI is InChI=1S/C17H23N3O2/c1-4-22-10-6-9-19-17(21)15(11-18)12-20-16-13(2)7-5-8-14(16)3/h5,7-8,12,20H,4,6,9-10H2,1-3H3,(H,19,21)/b15-12-. The van der Waals surface area contributed by atoms with E-state index in [9.17, 15) is 4.79 Å². The van der Waals surface area contributed by atoms with Crippen molar-refractivity contribution < 1.29 is 9.53 Å². The molecule has 0 saturated heterocycles. The second-order valence-corrected chi connectivity index (χ2v) is 4.89. The van der Waals surface area contributed by atoms with Crippen LogP contribution in [0.15, 0.2) is 30.0 Å². The number of para-hydroxylation sites is 1. The average Bonchev–Trinajstić information content (AvgIpc) is 2.50. The monoisotopic (exact) mass is 301 g/mol. The molecule has 0 fully saturated rings. The zero-order valence-electron chi connectivity index (χ0n) is 13.4. The van der Waals surface area contributed by atoms with Gasteiger partial charge in [0.15, 0.2) is 0 Å². The number of benzene rings is 1. The predicted octanol–water partition coefficient (Wildman–Crippen LogP) is 2.67. The van der Waals surface area contributed by atoms with Crippen LogP contribution in [0.4, 0.5) is 5.69 Å². The van der Waals surface area contributed by atoms with Crippen LogP contribution in [0.3, 0.4) is 0 Å². The van der Waals surface area contributed by atoms with Crippen LogP contribution in [0.1, 0.15) is 24.5 Å². The minimum Gasteiger partial charge on any atom is -0.382 e. The molecule has 1 aromatic rings. The van der Waals surface area contributed by atoms with Gasteiger partial charge in [-0.3, -0.25) is 4.79 Å². The van der Waals surface area contributed by atoms with Crippen LogP contribution in [0.25, 0.3) is 0 Å². The van der Waals surface area contributed by atoms with E-state index >= 15 is 0 Å². The maximum Gasteiger partial charge on any atom is 0.263 e. The Hall–Kier alpha value is -2.32. The average molecular weight is 301 g/mol. The molecule has 5 heteroatoms. The number of aryl methyl sites for hydroxylation is 2. The molecule has 118 valence electrons. The number of nitrogens with one attached hydrogen (secondary N) is 2. The molecular formula is C17H23N3O2. The van der Waals surface area contributed by atoms with Crippen LogP contribution in [0.2, 0.25) is 0 Å². The number of nitriles is 1. The summed E-state index contributed by atoms with van der Waals surface area (Å²) in [5.41, 5.74) is 3.09. The first-order chi connectivity index (χ1) is 10.6. The second-order valence-electron chi connectivity index (χ2n) is 4.89. The minimum atomic E-state index is -0.377. The van der Waals surface area contributed by atoms with Crippen molar-refractivity contribution in [1.29, 1.82) is 5.26 Å². The summed E-state index contributed by atoms with van der Waals surface area (Å²) in [4.78, 5) is 11.9. The molecule has 0 aromatic heterocycles. The SMILES string of the molecule is CCOCCCNC(=O)/C(C#N)=C\Nc1c(C)cccc1C. The van der Waals surface area contributed by atoms with Crippen LogP contribution in [-0.2, 0) is 9.53 Å². The van der Waals surface area contributed by atoms with E-state index in [4.69, 9.17) is 10.00 Å². The van der Waals surface area contributed by atoms with Gasteiger partial charge in [-0.25, -0.2) is 0 Å². The highest BCUT2D eigenvalue weighted by Crippen LogP contribution is 2.19. The van der Waals surface area contributed by atoms with E-state index in [2.05, 4.69) is 10.6 Å². The van der Waals surface area contributed by atoms with Crippen molar-refractivity contribution in [2.75, 3.05) is 25.1 Å². The fraction of sp³-hybridized carbons (Fsp3) is 0.412. The smallest absolute Gasteiger partial charge is 0.263 e. The van der Waals surface area contributed by atoms with Gasteiger partial charge in [0.2, 0.25) is 0 Å². The number of hydrogen-bond donors (Lipinski definition) is 2. The number of ether oxygens (including phenoxy) is 1. The summed E-state index contributed by atoms with van der Waals surface area (Å²) in [6.45, 7) is 7.63. The van der Waals surface area contributed by atoms with Gasteiger partial charge in [-0.15, -0.1) is 0 Å². The van der Waals surface area contributed by atoms with E-state index in [1.165, 1.54) is 6.20 Å². The zero-order chi connectivity index (χ0) is 16.4. The van der Waals surface area contributed by atoms with E-state index in [1.807, 2.05) is 45.0 Å². The third kappa shape index (κ3) is 5.58. The molecular weight excluding hydrogens is 278 g/mol. The fourth-order valence-electron chi connectivity index (χ4n) is 1.95. The van der Waals surface area contributed by atoms with Crippen molar-refractivity contribution in [2.45, 2.75) is 27.2 Å². The molecule has 0 saturated carbocycles. The van der Waals surface area contributed by atoms with E-state index in [-0.39, 0.29) is 11.5 Å². The van der Waals surface area contributed by atoms with Crippen LogP contribution >= 0.6 is 0 Å². The summed E-state index contributed by atoms with van der Waals surface area (Å²) in [6, 6.07) is 7.84. The number of carbonyl (C=O) groups is 1. The van der Waals surface area contributed by atoms with Gasteiger partial charge in [0, 0.05) is 31.6 Å². The molecule has 0 radical (unpaired) electrons. The molecule has 5 nitrogen and oxygen atoms in total.